The molecule has 2 heterocycles. The van der Waals surface area contributed by atoms with Gasteiger partial charge in [0.1, 0.15) is 0 Å². The summed E-state index contributed by atoms with van der Waals surface area (Å²) in [5, 5.41) is 13.7. The highest BCUT2D eigenvalue weighted by atomic mass is 19.1. The van der Waals surface area contributed by atoms with E-state index < -0.39 is 0 Å². The molecule has 0 spiro atoms. The average Bonchev–Trinajstić information content (AvgIpc) is 2.94. The summed E-state index contributed by atoms with van der Waals surface area (Å²) in [7, 11) is 0. The Morgan fingerprint density at radius 2 is 1.89 bits per heavy atom. The molecule has 0 saturated carbocycles. The molecule has 1 saturated heterocycles. The SMILES string of the molecule is C=CC(=O)Nc1cccc(-c2cccc3cnc(Nc4ccc(N[C@H]5CCNC[C@@H]5CF)cc4)nc23)c1. The first-order valence-corrected chi connectivity index (χ1v) is 12.3. The minimum atomic E-state index is -0.334. The summed E-state index contributed by atoms with van der Waals surface area (Å²) < 4.78 is 13.3. The van der Waals surface area contributed by atoms with E-state index in [4.69, 9.17) is 4.98 Å². The van der Waals surface area contributed by atoms with Gasteiger partial charge in [0.05, 0.1) is 12.2 Å². The second-order valence-corrected chi connectivity index (χ2v) is 9.07. The molecule has 0 unspecified atom stereocenters. The molecule has 5 rings (SSSR count). The highest BCUT2D eigenvalue weighted by Crippen LogP contribution is 2.30. The van der Waals surface area contributed by atoms with E-state index in [2.05, 4.69) is 32.8 Å². The predicted octanol–water partition coefficient (Wildman–Crippen LogP) is 5.52. The van der Waals surface area contributed by atoms with Crippen LogP contribution in [0.1, 0.15) is 6.42 Å². The van der Waals surface area contributed by atoms with Crippen LogP contribution in [0.5, 0.6) is 0 Å². The van der Waals surface area contributed by atoms with Crippen LogP contribution in [0.4, 0.5) is 27.4 Å². The molecular weight excluding hydrogens is 467 g/mol. The molecule has 0 radical (unpaired) electrons. The number of alkyl halides is 1. The second-order valence-electron chi connectivity index (χ2n) is 9.07. The molecule has 0 aliphatic carbocycles. The number of piperidine rings is 1. The molecule has 1 amide bonds. The number of benzene rings is 3. The Hall–Kier alpha value is -4.30. The van der Waals surface area contributed by atoms with Gasteiger partial charge in [-0.1, -0.05) is 36.9 Å². The van der Waals surface area contributed by atoms with Crippen molar-refractivity contribution in [3.63, 3.8) is 0 Å². The molecule has 0 bridgehead atoms. The van der Waals surface area contributed by atoms with Crippen LogP contribution in [0.25, 0.3) is 22.0 Å². The third-order valence-corrected chi connectivity index (χ3v) is 6.54. The van der Waals surface area contributed by atoms with Crippen LogP contribution >= 0.6 is 0 Å². The molecule has 1 aromatic heterocycles. The fraction of sp³-hybridized carbons (Fsp3) is 0.207. The number of amides is 1. The standard InChI is InChI=1S/C29H29FN6O/c1-2-27(37)34-24-7-3-5-19(15-24)25-8-4-6-20-18-32-29(36-28(20)25)35-23-11-9-22(10-12-23)33-26-13-14-31-17-21(26)16-30/h2-12,15,18,21,26,31,33H,1,13-14,16-17H2,(H,34,37)(H,32,35,36)/t21-,26-/m0/s1. The summed E-state index contributed by atoms with van der Waals surface area (Å²) in [6.45, 7) is 4.76. The lowest BCUT2D eigenvalue weighted by Gasteiger charge is -2.31. The smallest absolute Gasteiger partial charge is 0.247 e. The molecular formula is C29H29FN6O. The third-order valence-electron chi connectivity index (χ3n) is 6.54. The topological polar surface area (TPSA) is 91.0 Å². The minimum absolute atomic E-state index is 0.0225. The molecule has 7 nitrogen and oxygen atoms in total. The quantitative estimate of drug-likeness (QED) is 0.240. The molecule has 188 valence electrons. The predicted molar refractivity (Wildman–Crippen MR) is 148 cm³/mol. The summed E-state index contributed by atoms with van der Waals surface area (Å²) in [4.78, 5) is 21.0. The molecule has 1 aliphatic heterocycles. The molecule has 4 aromatic rings. The summed E-state index contributed by atoms with van der Waals surface area (Å²) in [5.74, 6) is 0.196. The van der Waals surface area contributed by atoms with Gasteiger partial charge >= 0.3 is 0 Å². The van der Waals surface area contributed by atoms with Crippen LogP contribution in [-0.4, -0.2) is 41.7 Å². The highest BCUT2D eigenvalue weighted by molar-refractivity contribution is 6.00. The van der Waals surface area contributed by atoms with E-state index in [1.807, 2.05) is 66.7 Å². The van der Waals surface area contributed by atoms with Crippen molar-refractivity contribution in [3.8, 4) is 11.1 Å². The van der Waals surface area contributed by atoms with Gasteiger partial charge in [-0.25, -0.2) is 9.97 Å². The Kier molecular flexibility index (Phi) is 7.37. The fourth-order valence-corrected chi connectivity index (χ4v) is 4.57. The van der Waals surface area contributed by atoms with Crippen molar-refractivity contribution in [1.82, 2.24) is 15.3 Å². The molecule has 3 aromatic carbocycles. The fourth-order valence-electron chi connectivity index (χ4n) is 4.57. The van der Waals surface area contributed by atoms with E-state index in [1.54, 1.807) is 6.20 Å². The van der Waals surface area contributed by atoms with Crippen LogP contribution in [0.15, 0.2) is 85.6 Å². The zero-order valence-electron chi connectivity index (χ0n) is 20.4. The molecule has 1 fully saturated rings. The number of anilines is 4. The summed E-state index contributed by atoms with van der Waals surface area (Å²) in [6.07, 6.45) is 3.93. The number of rotatable bonds is 8. The normalized spacial score (nSPS) is 17.2. The maximum atomic E-state index is 13.3. The lowest BCUT2D eigenvalue weighted by Crippen LogP contribution is -2.44. The van der Waals surface area contributed by atoms with Crippen LogP contribution < -0.4 is 21.3 Å². The van der Waals surface area contributed by atoms with Gasteiger partial charge in [-0.15, -0.1) is 0 Å². The van der Waals surface area contributed by atoms with Gasteiger partial charge in [0.2, 0.25) is 11.9 Å². The van der Waals surface area contributed by atoms with E-state index in [1.165, 1.54) is 6.08 Å². The van der Waals surface area contributed by atoms with Crippen molar-refractivity contribution in [2.75, 3.05) is 35.7 Å². The lowest BCUT2D eigenvalue weighted by molar-refractivity contribution is -0.111. The number of aromatic nitrogens is 2. The monoisotopic (exact) mass is 496 g/mol. The minimum Gasteiger partial charge on any atom is -0.382 e. The largest absolute Gasteiger partial charge is 0.382 e. The van der Waals surface area contributed by atoms with Crippen molar-refractivity contribution in [1.29, 1.82) is 0 Å². The van der Waals surface area contributed by atoms with Gasteiger partial charge < -0.3 is 21.3 Å². The summed E-state index contributed by atoms with van der Waals surface area (Å²) in [5.41, 5.74) is 5.15. The van der Waals surface area contributed by atoms with Crippen molar-refractivity contribution < 1.29 is 9.18 Å². The third kappa shape index (κ3) is 5.76. The number of nitrogens with one attached hydrogen (secondary N) is 4. The molecule has 4 N–H and O–H groups in total. The van der Waals surface area contributed by atoms with Gasteiger partial charge in [0.25, 0.3) is 0 Å². The van der Waals surface area contributed by atoms with Crippen molar-refractivity contribution >= 4 is 39.8 Å². The Balaban J connectivity index is 1.35. The number of hydrogen-bond acceptors (Lipinski definition) is 6. The van der Waals surface area contributed by atoms with Crippen molar-refractivity contribution in [3.05, 3.63) is 85.6 Å². The second kappa shape index (κ2) is 11.2. The zero-order valence-corrected chi connectivity index (χ0v) is 20.4. The van der Waals surface area contributed by atoms with E-state index >= 15 is 0 Å². The first-order chi connectivity index (χ1) is 18.1. The van der Waals surface area contributed by atoms with Crippen LogP contribution in [0, 0.1) is 5.92 Å². The van der Waals surface area contributed by atoms with Gasteiger partial charge in [0.15, 0.2) is 0 Å². The molecule has 2 atom stereocenters. The Bertz CT molecular complexity index is 1410. The molecule has 8 heteroatoms. The number of hydrogen-bond donors (Lipinski definition) is 4. The van der Waals surface area contributed by atoms with Crippen LogP contribution in [0.2, 0.25) is 0 Å². The Labute approximate surface area is 215 Å². The van der Waals surface area contributed by atoms with Crippen molar-refractivity contribution in [2.45, 2.75) is 12.5 Å². The van der Waals surface area contributed by atoms with Crippen LogP contribution in [-0.2, 0) is 4.79 Å². The number of halogens is 1. The van der Waals surface area contributed by atoms with E-state index in [0.717, 1.165) is 46.4 Å². The number of para-hydroxylation sites is 1. The molecule has 37 heavy (non-hydrogen) atoms. The summed E-state index contributed by atoms with van der Waals surface area (Å²) in [6, 6.07) is 21.5. The first-order valence-electron chi connectivity index (χ1n) is 12.3. The van der Waals surface area contributed by atoms with E-state index in [-0.39, 0.29) is 24.5 Å². The number of fused-ring (bicyclic) bond motifs is 1. The maximum Gasteiger partial charge on any atom is 0.247 e. The zero-order chi connectivity index (χ0) is 25.6. The number of nitrogens with zero attached hydrogens (tertiary/aromatic N) is 2. The Morgan fingerprint density at radius 3 is 2.70 bits per heavy atom. The first kappa shape index (κ1) is 24.4. The molecule has 1 aliphatic rings. The van der Waals surface area contributed by atoms with Crippen molar-refractivity contribution in [2.24, 2.45) is 5.92 Å². The highest BCUT2D eigenvalue weighted by Gasteiger charge is 2.24. The van der Waals surface area contributed by atoms with Gasteiger partial charge in [0, 0.05) is 52.7 Å². The Morgan fingerprint density at radius 1 is 1.08 bits per heavy atom. The van der Waals surface area contributed by atoms with E-state index in [9.17, 15) is 9.18 Å². The van der Waals surface area contributed by atoms with Crippen LogP contribution in [0.3, 0.4) is 0 Å². The average molecular weight is 497 g/mol. The van der Waals surface area contributed by atoms with Gasteiger partial charge in [-0.3, -0.25) is 9.18 Å². The van der Waals surface area contributed by atoms with Gasteiger partial charge in [-0.05, 0) is 61.0 Å². The maximum absolute atomic E-state index is 13.3. The summed E-state index contributed by atoms with van der Waals surface area (Å²) >= 11 is 0. The van der Waals surface area contributed by atoms with E-state index in [0.29, 0.717) is 18.2 Å². The lowest BCUT2D eigenvalue weighted by atomic mass is 9.94. The number of carbonyl (C=O) groups is 1. The number of carbonyl (C=O) groups excluding carboxylic acids is 1. The van der Waals surface area contributed by atoms with Gasteiger partial charge in [-0.2, -0.15) is 0 Å².